The fourth-order valence-corrected chi connectivity index (χ4v) is 3.47. The van der Waals surface area contributed by atoms with Crippen molar-refractivity contribution >= 4 is 5.97 Å². The number of carbonyl (C=O) groups excluding carboxylic acids is 1. The van der Waals surface area contributed by atoms with E-state index < -0.39 is 11.7 Å². The van der Waals surface area contributed by atoms with E-state index in [1.54, 1.807) is 7.11 Å². The average molecular weight is 324 g/mol. The molecule has 0 aliphatic carbocycles. The molecule has 5 heteroatoms. The van der Waals surface area contributed by atoms with Crippen molar-refractivity contribution in [2.75, 3.05) is 26.9 Å². The lowest BCUT2D eigenvalue weighted by atomic mass is 9.72. The summed E-state index contributed by atoms with van der Waals surface area (Å²) in [5, 5.41) is 0. The van der Waals surface area contributed by atoms with E-state index in [-0.39, 0.29) is 18.0 Å². The topological polar surface area (TPSA) is 54.0 Å². The van der Waals surface area contributed by atoms with Gasteiger partial charge in [-0.3, -0.25) is 4.79 Å². The number of hydrogen-bond donors (Lipinski definition) is 0. The quantitative estimate of drug-likeness (QED) is 0.371. The predicted molar refractivity (Wildman–Crippen MR) is 86.9 cm³/mol. The van der Waals surface area contributed by atoms with Crippen LogP contribution in [-0.2, 0) is 23.7 Å². The maximum atomic E-state index is 12.8. The highest BCUT2D eigenvalue weighted by Gasteiger charge is 2.65. The van der Waals surface area contributed by atoms with Gasteiger partial charge in [0.15, 0.2) is 6.29 Å². The second-order valence-corrected chi connectivity index (χ2v) is 6.74. The molecule has 2 aliphatic heterocycles. The minimum atomic E-state index is -0.743. The van der Waals surface area contributed by atoms with Crippen molar-refractivity contribution in [3.63, 3.8) is 0 Å². The Morgan fingerprint density at radius 3 is 2.65 bits per heavy atom. The average Bonchev–Trinajstić information content (AvgIpc) is 2.95. The Hall–Kier alpha value is -1.17. The van der Waals surface area contributed by atoms with Crippen molar-refractivity contribution in [3.8, 4) is 0 Å². The van der Waals surface area contributed by atoms with Gasteiger partial charge in [-0.15, -0.1) is 13.2 Å². The SMILES string of the molecule is C=C(C)CC[C@]12C(=O)O[C@H](CC(=C)C)[C@H]1CO[C@H]2OCCOC. The van der Waals surface area contributed by atoms with Gasteiger partial charge in [-0.25, -0.2) is 0 Å². The molecule has 0 aromatic heterocycles. The van der Waals surface area contributed by atoms with Gasteiger partial charge < -0.3 is 18.9 Å². The molecule has 0 aromatic carbocycles. The van der Waals surface area contributed by atoms with Crippen molar-refractivity contribution in [1.82, 2.24) is 0 Å². The van der Waals surface area contributed by atoms with Gasteiger partial charge in [-0.2, -0.15) is 0 Å². The van der Waals surface area contributed by atoms with Gasteiger partial charge in [-0.1, -0.05) is 11.1 Å². The van der Waals surface area contributed by atoms with Crippen molar-refractivity contribution in [2.45, 2.75) is 45.5 Å². The number of fused-ring (bicyclic) bond motifs is 1. The van der Waals surface area contributed by atoms with Gasteiger partial charge in [0.2, 0.25) is 0 Å². The lowest BCUT2D eigenvalue weighted by Crippen LogP contribution is -2.42. The normalized spacial score (nSPS) is 32.7. The van der Waals surface area contributed by atoms with Crippen LogP contribution in [0.1, 0.15) is 33.1 Å². The van der Waals surface area contributed by atoms with Gasteiger partial charge in [0.25, 0.3) is 0 Å². The molecule has 0 unspecified atom stereocenters. The molecular weight excluding hydrogens is 296 g/mol. The molecule has 5 nitrogen and oxygen atoms in total. The zero-order chi connectivity index (χ0) is 17.0. The van der Waals surface area contributed by atoms with Gasteiger partial charge >= 0.3 is 5.97 Å². The fraction of sp³-hybridized carbons (Fsp3) is 0.722. The van der Waals surface area contributed by atoms with E-state index in [4.69, 9.17) is 18.9 Å². The largest absolute Gasteiger partial charge is 0.461 e. The van der Waals surface area contributed by atoms with Gasteiger partial charge in [0, 0.05) is 19.4 Å². The van der Waals surface area contributed by atoms with Crippen molar-refractivity contribution in [3.05, 3.63) is 24.3 Å². The van der Waals surface area contributed by atoms with Crippen LogP contribution in [0, 0.1) is 11.3 Å². The maximum Gasteiger partial charge on any atom is 0.318 e. The third kappa shape index (κ3) is 3.67. The molecule has 0 radical (unpaired) electrons. The molecular formula is C18H28O5. The molecule has 0 aromatic rings. The molecule has 0 amide bonds. The predicted octanol–water partition coefficient (Wildman–Crippen LogP) is 2.86. The van der Waals surface area contributed by atoms with Crippen LogP contribution in [0.4, 0.5) is 0 Å². The molecule has 0 saturated carbocycles. The number of hydrogen-bond acceptors (Lipinski definition) is 5. The van der Waals surface area contributed by atoms with Crippen LogP contribution in [0.3, 0.4) is 0 Å². The summed E-state index contributed by atoms with van der Waals surface area (Å²) in [4.78, 5) is 12.8. The van der Waals surface area contributed by atoms with Crippen LogP contribution in [0.2, 0.25) is 0 Å². The minimum absolute atomic E-state index is 0.00130. The van der Waals surface area contributed by atoms with Crippen LogP contribution in [-0.4, -0.2) is 45.3 Å². The zero-order valence-electron chi connectivity index (χ0n) is 14.4. The first-order valence-corrected chi connectivity index (χ1v) is 8.13. The summed E-state index contributed by atoms with van der Waals surface area (Å²) in [5.74, 6) is -0.214. The van der Waals surface area contributed by atoms with Crippen molar-refractivity contribution in [1.29, 1.82) is 0 Å². The van der Waals surface area contributed by atoms with Crippen LogP contribution in [0.15, 0.2) is 24.3 Å². The number of allylic oxidation sites excluding steroid dienone is 1. The van der Waals surface area contributed by atoms with Crippen molar-refractivity contribution in [2.24, 2.45) is 11.3 Å². The van der Waals surface area contributed by atoms with E-state index in [1.807, 2.05) is 13.8 Å². The van der Waals surface area contributed by atoms with Crippen LogP contribution >= 0.6 is 0 Å². The Kier molecular flexibility index (Phi) is 6.00. The summed E-state index contributed by atoms with van der Waals surface area (Å²) >= 11 is 0. The Morgan fingerprint density at radius 1 is 1.30 bits per heavy atom. The molecule has 0 spiro atoms. The number of cyclic esters (lactones) is 1. The number of esters is 1. The summed E-state index contributed by atoms with van der Waals surface area (Å²) in [7, 11) is 1.62. The molecule has 2 saturated heterocycles. The van der Waals surface area contributed by atoms with Gasteiger partial charge in [0.1, 0.15) is 11.5 Å². The van der Waals surface area contributed by atoms with E-state index in [0.717, 1.165) is 17.6 Å². The van der Waals surface area contributed by atoms with Crippen LogP contribution < -0.4 is 0 Å². The van der Waals surface area contributed by atoms with Crippen LogP contribution in [0.5, 0.6) is 0 Å². The number of methoxy groups -OCH3 is 1. The second kappa shape index (κ2) is 7.60. The number of ether oxygens (including phenoxy) is 4. The highest BCUT2D eigenvalue weighted by molar-refractivity contribution is 5.81. The lowest BCUT2D eigenvalue weighted by Gasteiger charge is -2.30. The molecule has 23 heavy (non-hydrogen) atoms. The highest BCUT2D eigenvalue weighted by Crippen LogP contribution is 2.53. The van der Waals surface area contributed by atoms with E-state index in [2.05, 4.69) is 13.2 Å². The first-order chi connectivity index (χ1) is 10.9. The first-order valence-electron chi connectivity index (χ1n) is 8.13. The smallest absolute Gasteiger partial charge is 0.318 e. The maximum absolute atomic E-state index is 12.8. The summed E-state index contributed by atoms with van der Waals surface area (Å²) in [6.07, 6.45) is 1.29. The van der Waals surface area contributed by atoms with Crippen LogP contribution in [0.25, 0.3) is 0 Å². The summed E-state index contributed by atoms with van der Waals surface area (Å²) < 4.78 is 22.4. The van der Waals surface area contributed by atoms with E-state index in [9.17, 15) is 4.79 Å². The Bertz CT molecular complexity index is 472. The minimum Gasteiger partial charge on any atom is -0.461 e. The Morgan fingerprint density at radius 2 is 2.04 bits per heavy atom. The third-order valence-electron chi connectivity index (χ3n) is 4.67. The third-order valence-corrected chi connectivity index (χ3v) is 4.67. The highest BCUT2D eigenvalue weighted by atomic mass is 16.7. The molecule has 0 bridgehead atoms. The molecule has 2 heterocycles. The lowest BCUT2D eigenvalue weighted by molar-refractivity contribution is -0.188. The molecule has 2 aliphatic rings. The Labute approximate surface area is 138 Å². The summed E-state index contributed by atoms with van der Waals surface area (Å²) in [5.41, 5.74) is 1.30. The summed E-state index contributed by atoms with van der Waals surface area (Å²) in [6, 6.07) is 0. The first kappa shape index (κ1) is 18.2. The van der Waals surface area contributed by atoms with E-state index in [1.165, 1.54) is 0 Å². The molecule has 0 N–H and O–H groups in total. The molecule has 2 fully saturated rings. The number of carbonyl (C=O) groups is 1. The Balaban J connectivity index is 2.20. The van der Waals surface area contributed by atoms with Gasteiger partial charge in [0.05, 0.1) is 19.8 Å². The molecule has 2 rings (SSSR count). The number of rotatable bonds is 9. The monoisotopic (exact) mass is 324 g/mol. The summed E-state index contributed by atoms with van der Waals surface area (Å²) in [6.45, 7) is 13.1. The fourth-order valence-electron chi connectivity index (χ4n) is 3.47. The second-order valence-electron chi connectivity index (χ2n) is 6.74. The van der Waals surface area contributed by atoms with Gasteiger partial charge in [-0.05, 0) is 26.7 Å². The molecule has 4 atom stereocenters. The molecule has 130 valence electrons. The van der Waals surface area contributed by atoms with Crippen molar-refractivity contribution < 1.29 is 23.7 Å². The zero-order valence-corrected chi connectivity index (χ0v) is 14.4. The van der Waals surface area contributed by atoms with E-state index in [0.29, 0.717) is 32.7 Å². The van der Waals surface area contributed by atoms with E-state index >= 15 is 0 Å². The standard InChI is InChI=1S/C18H28O5/c1-12(2)6-7-18-14(11-22-17(18)21-9-8-20-5)15(10-13(3)4)23-16(18)19/h14-15,17H,1,3,6-11H2,2,4-5H3/t14-,15-,17-,18-/m1/s1.